The second-order valence-electron chi connectivity index (χ2n) is 9.47. The van der Waals surface area contributed by atoms with E-state index in [-0.39, 0.29) is 0 Å². The summed E-state index contributed by atoms with van der Waals surface area (Å²) in [6, 6.07) is 17.2. The molecule has 4 fully saturated rings. The van der Waals surface area contributed by atoms with Gasteiger partial charge in [-0.3, -0.25) is 0 Å². The molecule has 27 heavy (non-hydrogen) atoms. The van der Waals surface area contributed by atoms with Crippen molar-refractivity contribution >= 4 is 0 Å². The fourth-order valence-electron chi connectivity index (χ4n) is 6.29. The third-order valence-electron chi connectivity index (χ3n) is 7.12. The lowest BCUT2D eigenvalue weighted by Gasteiger charge is -2.57. The average molecular weight is 362 g/mol. The van der Waals surface area contributed by atoms with Gasteiger partial charge in [0, 0.05) is 12.1 Å². The molecule has 4 bridgehead atoms. The largest absolute Gasteiger partial charge is 0.489 e. The minimum atomic E-state index is 0.440. The van der Waals surface area contributed by atoms with Crippen molar-refractivity contribution < 1.29 is 4.74 Å². The van der Waals surface area contributed by atoms with Crippen molar-refractivity contribution in [3.8, 4) is 5.75 Å². The number of benzene rings is 2. The zero-order valence-corrected chi connectivity index (χ0v) is 16.4. The Morgan fingerprint density at radius 1 is 0.889 bits per heavy atom. The van der Waals surface area contributed by atoms with Gasteiger partial charge in [-0.1, -0.05) is 42.0 Å². The number of hydrogen-bond acceptors (Lipinski definition) is 2. The van der Waals surface area contributed by atoms with Crippen LogP contribution in [-0.2, 0) is 13.2 Å². The van der Waals surface area contributed by atoms with Crippen molar-refractivity contribution in [1.29, 1.82) is 0 Å². The highest BCUT2D eigenvalue weighted by Gasteiger charge is 2.50. The minimum absolute atomic E-state index is 0.440. The van der Waals surface area contributed by atoms with Crippen molar-refractivity contribution in [2.45, 2.75) is 64.1 Å². The summed E-state index contributed by atoms with van der Waals surface area (Å²) in [7, 11) is 0. The molecule has 0 heterocycles. The summed E-state index contributed by atoms with van der Waals surface area (Å²) < 4.78 is 5.96. The molecule has 0 radical (unpaired) electrons. The number of nitrogens with one attached hydrogen (secondary N) is 1. The molecule has 142 valence electrons. The normalized spacial score (nSPS) is 31.2. The van der Waals surface area contributed by atoms with Crippen molar-refractivity contribution in [3.05, 3.63) is 65.2 Å². The summed E-state index contributed by atoms with van der Waals surface area (Å²) in [4.78, 5) is 0. The van der Waals surface area contributed by atoms with Gasteiger partial charge in [0.05, 0.1) is 0 Å². The average Bonchev–Trinajstić information content (AvgIpc) is 2.65. The minimum Gasteiger partial charge on any atom is -0.489 e. The Morgan fingerprint density at radius 3 is 2.19 bits per heavy atom. The molecule has 1 N–H and O–H groups in total. The molecule has 2 aromatic rings. The second-order valence-corrected chi connectivity index (χ2v) is 9.47. The van der Waals surface area contributed by atoms with E-state index in [1.807, 2.05) is 0 Å². The molecule has 4 aliphatic carbocycles. The topological polar surface area (TPSA) is 21.3 Å². The van der Waals surface area contributed by atoms with Crippen LogP contribution in [0, 0.1) is 24.7 Å². The Hall–Kier alpha value is -1.80. The van der Waals surface area contributed by atoms with Crippen molar-refractivity contribution in [2.24, 2.45) is 17.8 Å². The standard InChI is InChI=1S/C25H31NO/c1-18-3-2-4-20(9-18)17-27-24-7-5-19(6-8-24)16-26-25-13-21-10-22(14-25)12-23(11-21)15-25/h2-9,21-23,26H,10-17H2,1H3. The van der Waals surface area contributed by atoms with Crippen LogP contribution in [-0.4, -0.2) is 5.54 Å². The van der Waals surface area contributed by atoms with E-state index >= 15 is 0 Å². The summed E-state index contributed by atoms with van der Waals surface area (Å²) in [6.45, 7) is 3.74. The maximum absolute atomic E-state index is 5.96. The first kappa shape index (κ1) is 17.3. The van der Waals surface area contributed by atoms with Crippen LogP contribution in [0.1, 0.15) is 55.2 Å². The highest BCUT2D eigenvalue weighted by atomic mass is 16.5. The lowest BCUT2D eigenvalue weighted by atomic mass is 9.53. The van der Waals surface area contributed by atoms with Gasteiger partial charge >= 0.3 is 0 Å². The van der Waals surface area contributed by atoms with Crippen molar-refractivity contribution in [1.82, 2.24) is 5.32 Å². The number of ether oxygens (including phenoxy) is 1. The van der Waals surface area contributed by atoms with Gasteiger partial charge in [0.15, 0.2) is 0 Å². The fourth-order valence-corrected chi connectivity index (χ4v) is 6.29. The van der Waals surface area contributed by atoms with Crippen LogP contribution in [0.4, 0.5) is 0 Å². The second kappa shape index (κ2) is 6.98. The van der Waals surface area contributed by atoms with Crippen LogP contribution in [0.15, 0.2) is 48.5 Å². The van der Waals surface area contributed by atoms with Crippen LogP contribution in [0.5, 0.6) is 5.75 Å². The van der Waals surface area contributed by atoms with Crippen LogP contribution >= 0.6 is 0 Å². The summed E-state index contributed by atoms with van der Waals surface area (Å²) in [5.74, 6) is 3.96. The van der Waals surface area contributed by atoms with E-state index < -0.39 is 0 Å². The SMILES string of the molecule is Cc1cccc(COc2ccc(CNC34CC5CC(CC(C5)C3)C4)cc2)c1. The zero-order valence-electron chi connectivity index (χ0n) is 16.4. The van der Waals surface area contributed by atoms with E-state index in [0.29, 0.717) is 12.1 Å². The Bertz CT molecular complexity index is 759. The highest BCUT2D eigenvalue weighted by molar-refractivity contribution is 5.28. The first-order chi connectivity index (χ1) is 13.2. The van der Waals surface area contributed by atoms with Gasteiger partial charge < -0.3 is 10.1 Å². The molecule has 2 heteroatoms. The van der Waals surface area contributed by atoms with Crippen LogP contribution in [0.25, 0.3) is 0 Å². The Labute approximate surface area is 163 Å². The number of hydrogen-bond donors (Lipinski definition) is 1. The fraction of sp³-hybridized carbons (Fsp3) is 0.520. The van der Waals surface area contributed by atoms with Gasteiger partial charge in [-0.15, -0.1) is 0 Å². The van der Waals surface area contributed by atoms with Crippen LogP contribution in [0.2, 0.25) is 0 Å². The maximum atomic E-state index is 5.96. The molecule has 0 spiro atoms. The molecule has 0 amide bonds. The molecular weight excluding hydrogens is 330 g/mol. The van der Waals surface area contributed by atoms with E-state index in [1.165, 1.54) is 55.2 Å². The molecular formula is C25H31NO. The first-order valence-electron chi connectivity index (χ1n) is 10.7. The van der Waals surface area contributed by atoms with Crippen LogP contribution in [0.3, 0.4) is 0 Å². The quantitative estimate of drug-likeness (QED) is 0.720. The molecule has 2 nitrogen and oxygen atoms in total. The lowest BCUT2D eigenvalue weighted by Crippen LogP contribution is -2.58. The van der Waals surface area contributed by atoms with E-state index in [1.54, 1.807) is 0 Å². The van der Waals surface area contributed by atoms with Crippen LogP contribution < -0.4 is 10.1 Å². The van der Waals surface area contributed by atoms with Gasteiger partial charge in [-0.2, -0.15) is 0 Å². The van der Waals surface area contributed by atoms with Crippen molar-refractivity contribution in [2.75, 3.05) is 0 Å². The first-order valence-corrected chi connectivity index (χ1v) is 10.7. The molecule has 0 atom stereocenters. The Kier molecular flexibility index (Phi) is 4.47. The molecule has 4 saturated carbocycles. The predicted octanol–water partition coefficient (Wildman–Crippen LogP) is 5.63. The zero-order chi connectivity index (χ0) is 18.3. The van der Waals surface area contributed by atoms with Gasteiger partial charge in [-0.05, 0) is 86.5 Å². The van der Waals surface area contributed by atoms with Crippen molar-refractivity contribution in [3.63, 3.8) is 0 Å². The summed E-state index contributed by atoms with van der Waals surface area (Å²) in [5, 5.41) is 3.99. The molecule has 6 rings (SSSR count). The summed E-state index contributed by atoms with van der Waals surface area (Å²) >= 11 is 0. The molecule has 0 unspecified atom stereocenters. The Morgan fingerprint density at radius 2 is 1.56 bits per heavy atom. The van der Waals surface area contributed by atoms with E-state index in [0.717, 1.165) is 30.0 Å². The summed E-state index contributed by atoms with van der Waals surface area (Å²) in [5.41, 5.74) is 4.31. The molecule has 0 saturated heterocycles. The molecule has 2 aromatic carbocycles. The maximum Gasteiger partial charge on any atom is 0.119 e. The highest BCUT2D eigenvalue weighted by Crippen LogP contribution is 2.55. The Balaban J connectivity index is 1.16. The van der Waals surface area contributed by atoms with E-state index in [9.17, 15) is 0 Å². The van der Waals surface area contributed by atoms with Gasteiger partial charge in [0.25, 0.3) is 0 Å². The lowest BCUT2D eigenvalue weighted by molar-refractivity contribution is -0.0206. The monoisotopic (exact) mass is 361 g/mol. The third kappa shape index (κ3) is 3.78. The molecule has 0 aliphatic heterocycles. The van der Waals surface area contributed by atoms with E-state index in [2.05, 4.69) is 60.8 Å². The third-order valence-corrected chi connectivity index (χ3v) is 7.12. The molecule has 0 aromatic heterocycles. The summed E-state index contributed by atoms with van der Waals surface area (Å²) in [6.07, 6.45) is 8.76. The number of aryl methyl sites for hydroxylation is 1. The van der Waals surface area contributed by atoms with Gasteiger partial charge in [-0.25, -0.2) is 0 Å². The number of rotatable bonds is 6. The van der Waals surface area contributed by atoms with E-state index in [4.69, 9.17) is 4.74 Å². The molecule has 4 aliphatic rings. The van der Waals surface area contributed by atoms with Gasteiger partial charge in [0.2, 0.25) is 0 Å². The predicted molar refractivity (Wildman–Crippen MR) is 110 cm³/mol. The van der Waals surface area contributed by atoms with Gasteiger partial charge in [0.1, 0.15) is 12.4 Å². The smallest absolute Gasteiger partial charge is 0.119 e.